The van der Waals surface area contributed by atoms with E-state index in [9.17, 15) is 9.18 Å². The Morgan fingerprint density at radius 3 is 2.94 bits per heavy atom. The Bertz CT molecular complexity index is 385. The minimum absolute atomic E-state index is 0.0219. The van der Waals surface area contributed by atoms with Crippen LogP contribution in [-0.2, 0) is 16.1 Å². The van der Waals surface area contributed by atoms with E-state index in [0.717, 1.165) is 5.01 Å². The molecule has 4 nitrogen and oxygen atoms in total. The summed E-state index contributed by atoms with van der Waals surface area (Å²) < 4.78 is 18.2. The van der Waals surface area contributed by atoms with E-state index >= 15 is 0 Å². The van der Waals surface area contributed by atoms with E-state index in [-0.39, 0.29) is 19.1 Å². The molecule has 16 heavy (non-hydrogen) atoms. The van der Waals surface area contributed by atoms with Crippen molar-refractivity contribution in [2.45, 2.75) is 6.61 Å². The van der Waals surface area contributed by atoms with Crippen molar-refractivity contribution in [2.75, 3.05) is 13.7 Å². The topological polar surface area (TPSA) is 55.6 Å². The van der Waals surface area contributed by atoms with E-state index < -0.39 is 5.82 Å². The molecular weight excluding hydrogens is 235 g/mol. The summed E-state index contributed by atoms with van der Waals surface area (Å²) >= 11 is 5.69. The highest BCUT2D eigenvalue weighted by Crippen LogP contribution is 2.15. The molecule has 0 saturated carbocycles. The Morgan fingerprint density at radius 2 is 2.31 bits per heavy atom. The van der Waals surface area contributed by atoms with Crippen LogP contribution in [0.2, 0.25) is 5.02 Å². The number of nitrogens with two attached hydrogens (primary N) is 1. The molecule has 0 bridgehead atoms. The number of hydrazine groups is 1. The molecule has 2 N–H and O–H groups in total. The van der Waals surface area contributed by atoms with E-state index in [1.807, 2.05) is 0 Å². The van der Waals surface area contributed by atoms with Gasteiger partial charge in [-0.2, -0.15) is 0 Å². The van der Waals surface area contributed by atoms with Crippen LogP contribution in [0.5, 0.6) is 0 Å². The predicted octanol–water partition coefficient (Wildman–Crippen LogP) is 1.33. The molecule has 1 aromatic carbocycles. The van der Waals surface area contributed by atoms with Gasteiger partial charge in [0.1, 0.15) is 12.4 Å². The number of benzene rings is 1. The lowest BCUT2D eigenvalue weighted by Gasteiger charge is -2.10. The maximum Gasteiger partial charge on any atom is 0.262 e. The van der Waals surface area contributed by atoms with Crippen LogP contribution in [-0.4, -0.2) is 24.6 Å². The van der Waals surface area contributed by atoms with Crippen molar-refractivity contribution in [3.8, 4) is 0 Å². The lowest BCUT2D eigenvalue weighted by molar-refractivity contribution is -0.135. The summed E-state index contributed by atoms with van der Waals surface area (Å²) in [6.07, 6.45) is 0. The first-order chi connectivity index (χ1) is 7.50. The molecule has 0 aliphatic heterocycles. The molecule has 1 aromatic rings. The van der Waals surface area contributed by atoms with Crippen molar-refractivity contribution < 1.29 is 13.9 Å². The van der Waals surface area contributed by atoms with Gasteiger partial charge in [0.05, 0.1) is 6.61 Å². The normalized spacial score (nSPS) is 10.2. The number of likely N-dealkylation sites (N-methyl/N-ethyl adjacent to an activating group) is 1. The highest BCUT2D eigenvalue weighted by molar-refractivity contribution is 6.30. The molecule has 0 aromatic heterocycles. The van der Waals surface area contributed by atoms with Crippen LogP contribution < -0.4 is 5.84 Å². The number of hydrogen-bond donors (Lipinski definition) is 1. The summed E-state index contributed by atoms with van der Waals surface area (Å²) in [7, 11) is 1.41. The Balaban J connectivity index is 2.49. The molecular formula is C10H12ClFN2O2. The first-order valence-electron chi connectivity index (χ1n) is 4.53. The summed E-state index contributed by atoms with van der Waals surface area (Å²) in [4.78, 5) is 11.0. The summed E-state index contributed by atoms with van der Waals surface area (Å²) in [5.41, 5.74) is 0.306. The van der Waals surface area contributed by atoms with Crippen molar-refractivity contribution >= 4 is 17.5 Å². The average Bonchev–Trinajstić information content (AvgIpc) is 2.22. The Morgan fingerprint density at radius 1 is 1.62 bits per heavy atom. The van der Waals surface area contributed by atoms with Gasteiger partial charge in [-0.25, -0.2) is 10.2 Å². The third-order valence-electron chi connectivity index (χ3n) is 1.88. The van der Waals surface area contributed by atoms with E-state index in [2.05, 4.69) is 0 Å². The molecule has 1 rings (SSSR count). The van der Waals surface area contributed by atoms with Gasteiger partial charge < -0.3 is 4.74 Å². The fourth-order valence-electron chi connectivity index (χ4n) is 1.00. The maximum absolute atomic E-state index is 13.2. The smallest absolute Gasteiger partial charge is 0.262 e. The molecule has 0 radical (unpaired) electrons. The number of nitrogens with zero attached hydrogens (tertiary/aromatic N) is 1. The SMILES string of the molecule is CN(N)C(=O)COCc1cc(Cl)ccc1F. The number of halogens is 2. The van der Waals surface area contributed by atoms with Crippen LogP contribution in [0.3, 0.4) is 0 Å². The van der Waals surface area contributed by atoms with Crippen LogP contribution in [0, 0.1) is 5.82 Å². The van der Waals surface area contributed by atoms with Gasteiger partial charge in [0, 0.05) is 17.6 Å². The average molecular weight is 247 g/mol. The molecule has 0 heterocycles. The summed E-state index contributed by atoms with van der Waals surface area (Å²) in [5, 5.41) is 1.33. The molecule has 1 amide bonds. The Hall–Kier alpha value is -1.17. The van der Waals surface area contributed by atoms with Crippen LogP contribution in [0.4, 0.5) is 4.39 Å². The third-order valence-corrected chi connectivity index (χ3v) is 2.12. The lowest BCUT2D eigenvalue weighted by atomic mass is 10.2. The largest absolute Gasteiger partial charge is 0.367 e. The van der Waals surface area contributed by atoms with Gasteiger partial charge >= 0.3 is 0 Å². The van der Waals surface area contributed by atoms with Gasteiger partial charge in [0.25, 0.3) is 5.91 Å². The quantitative estimate of drug-likeness (QED) is 0.495. The van der Waals surface area contributed by atoms with Crippen molar-refractivity contribution in [2.24, 2.45) is 5.84 Å². The molecule has 88 valence electrons. The number of ether oxygens (including phenoxy) is 1. The minimum atomic E-state index is -0.419. The number of carbonyl (C=O) groups is 1. The highest BCUT2D eigenvalue weighted by Gasteiger charge is 2.07. The molecule has 0 atom stereocenters. The molecule has 0 fully saturated rings. The van der Waals surface area contributed by atoms with Crippen LogP contribution in [0.15, 0.2) is 18.2 Å². The predicted molar refractivity (Wildman–Crippen MR) is 58.0 cm³/mol. The van der Waals surface area contributed by atoms with Gasteiger partial charge in [-0.3, -0.25) is 9.80 Å². The van der Waals surface area contributed by atoms with Gasteiger partial charge in [0.2, 0.25) is 0 Å². The standard InChI is InChI=1S/C10H12ClFN2O2/c1-14(13)10(15)6-16-5-7-4-8(11)2-3-9(7)12/h2-4H,5-6,13H2,1H3. The fourth-order valence-corrected chi connectivity index (χ4v) is 1.20. The second-order valence-electron chi connectivity index (χ2n) is 3.23. The molecule has 0 unspecified atom stereocenters. The summed E-state index contributed by atoms with van der Waals surface area (Å²) in [5.74, 6) is 4.37. The zero-order valence-corrected chi connectivity index (χ0v) is 9.50. The Labute approximate surface area is 97.7 Å². The zero-order valence-electron chi connectivity index (χ0n) is 8.74. The van der Waals surface area contributed by atoms with E-state index in [4.69, 9.17) is 22.2 Å². The lowest BCUT2D eigenvalue weighted by Crippen LogP contribution is -2.35. The first kappa shape index (κ1) is 12.9. The number of hydrogen-bond acceptors (Lipinski definition) is 3. The Kier molecular flexibility index (Phi) is 4.67. The number of rotatable bonds is 4. The number of carbonyl (C=O) groups excluding carboxylic acids is 1. The minimum Gasteiger partial charge on any atom is -0.367 e. The van der Waals surface area contributed by atoms with Crippen LogP contribution in [0.25, 0.3) is 0 Å². The van der Waals surface area contributed by atoms with Crippen LogP contribution >= 0.6 is 11.6 Å². The molecule has 0 aliphatic rings. The first-order valence-corrected chi connectivity index (χ1v) is 4.91. The maximum atomic E-state index is 13.2. The summed E-state index contributed by atoms with van der Waals surface area (Å²) in [6, 6.07) is 4.14. The zero-order chi connectivity index (χ0) is 12.1. The van der Waals surface area contributed by atoms with Gasteiger partial charge in [-0.1, -0.05) is 11.6 Å². The van der Waals surface area contributed by atoms with Crippen molar-refractivity contribution in [3.63, 3.8) is 0 Å². The van der Waals surface area contributed by atoms with E-state index in [1.165, 1.54) is 25.2 Å². The van der Waals surface area contributed by atoms with Crippen molar-refractivity contribution in [3.05, 3.63) is 34.6 Å². The second kappa shape index (κ2) is 5.79. The van der Waals surface area contributed by atoms with Crippen LogP contribution in [0.1, 0.15) is 5.56 Å². The van der Waals surface area contributed by atoms with Gasteiger partial charge in [0.15, 0.2) is 0 Å². The summed E-state index contributed by atoms with van der Waals surface area (Å²) in [6.45, 7) is -0.217. The van der Waals surface area contributed by atoms with Crippen molar-refractivity contribution in [1.29, 1.82) is 0 Å². The van der Waals surface area contributed by atoms with Gasteiger partial charge in [-0.05, 0) is 18.2 Å². The fraction of sp³-hybridized carbons (Fsp3) is 0.300. The highest BCUT2D eigenvalue weighted by atomic mass is 35.5. The number of amides is 1. The van der Waals surface area contributed by atoms with E-state index in [0.29, 0.717) is 10.6 Å². The third kappa shape index (κ3) is 3.77. The van der Waals surface area contributed by atoms with Gasteiger partial charge in [-0.15, -0.1) is 0 Å². The molecule has 0 aliphatic carbocycles. The molecule has 6 heteroatoms. The second-order valence-corrected chi connectivity index (χ2v) is 3.67. The molecule has 0 saturated heterocycles. The van der Waals surface area contributed by atoms with Crippen molar-refractivity contribution in [1.82, 2.24) is 5.01 Å². The molecule has 0 spiro atoms. The monoisotopic (exact) mass is 246 g/mol. The van der Waals surface area contributed by atoms with E-state index in [1.54, 1.807) is 0 Å².